The van der Waals surface area contributed by atoms with Gasteiger partial charge in [-0.1, -0.05) is 6.92 Å². The van der Waals surface area contributed by atoms with E-state index < -0.39 is 0 Å². The lowest BCUT2D eigenvalue weighted by Gasteiger charge is -2.23. The summed E-state index contributed by atoms with van der Waals surface area (Å²) in [4.78, 5) is 24.8. The summed E-state index contributed by atoms with van der Waals surface area (Å²) in [5.41, 5.74) is 10.6. The zero-order valence-electron chi connectivity index (χ0n) is 20.2. The van der Waals surface area contributed by atoms with Gasteiger partial charge in [0.2, 0.25) is 0 Å². The molecule has 4 aromatic rings. The molecule has 4 heterocycles. The summed E-state index contributed by atoms with van der Waals surface area (Å²) in [6.07, 6.45) is 1.82. The number of nitrogens with two attached hydrogens (primary N) is 1. The number of carbonyl (C=O) groups is 1. The smallest absolute Gasteiger partial charge is 0.254 e. The fraction of sp³-hybridized carbons (Fsp3) is 0.423. The van der Waals surface area contributed by atoms with Crippen molar-refractivity contribution in [3.8, 4) is 11.5 Å². The summed E-state index contributed by atoms with van der Waals surface area (Å²) in [5.74, 6) is 1.14. The predicted octanol–water partition coefficient (Wildman–Crippen LogP) is 3.53. The zero-order chi connectivity index (χ0) is 24.0. The number of benzene rings is 1. The van der Waals surface area contributed by atoms with E-state index in [1.807, 2.05) is 42.3 Å². The molecule has 2 N–H and O–H groups in total. The van der Waals surface area contributed by atoms with Crippen molar-refractivity contribution in [3.05, 3.63) is 48.2 Å². The number of fused-ring (bicyclic) bond motifs is 2. The molecule has 0 aliphatic carbocycles. The van der Waals surface area contributed by atoms with Crippen molar-refractivity contribution in [3.63, 3.8) is 0 Å². The Morgan fingerprint density at radius 2 is 2.03 bits per heavy atom. The molecule has 178 valence electrons. The average molecular weight is 461 g/mol. The highest BCUT2D eigenvalue weighted by Crippen LogP contribution is 2.31. The van der Waals surface area contributed by atoms with Crippen LogP contribution in [0.4, 0.5) is 0 Å². The lowest BCUT2D eigenvalue weighted by atomic mass is 10.0. The Labute approximate surface area is 199 Å². The van der Waals surface area contributed by atoms with Crippen molar-refractivity contribution >= 4 is 28.0 Å². The van der Waals surface area contributed by atoms with Crippen LogP contribution in [0.25, 0.3) is 33.6 Å². The molecule has 1 aliphatic heterocycles. The molecule has 8 heteroatoms. The monoisotopic (exact) mass is 460 g/mol. The SMILES string of the molecule is CCn1c(-c2nc3cc(C(=O)N4CC(C)[C@@H](N)C4C)ccc3n2CCOC)cc2cccnc21. The van der Waals surface area contributed by atoms with E-state index in [-0.39, 0.29) is 23.9 Å². The van der Waals surface area contributed by atoms with Crippen LogP contribution in [0.1, 0.15) is 31.1 Å². The molecule has 0 spiro atoms. The minimum absolute atomic E-state index is 0.00268. The van der Waals surface area contributed by atoms with Crippen molar-refractivity contribution in [2.24, 2.45) is 11.7 Å². The average Bonchev–Trinajstić information content (AvgIpc) is 3.49. The van der Waals surface area contributed by atoms with Gasteiger partial charge in [-0.15, -0.1) is 0 Å². The molecule has 5 rings (SSSR count). The molecule has 1 aromatic carbocycles. The lowest BCUT2D eigenvalue weighted by Crippen LogP contribution is -2.40. The summed E-state index contributed by atoms with van der Waals surface area (Å²) in [5, 5.41) is 1.08. The van der Waals surface area contributed by atoms with Crippen LogP contribution in [0, 0.1) is 5.92 Å². The maximum absolute atomic E-state index is 13.3. The number of hydrogen-bond donors (Lipinski definition) is 1. The molecule has 0 radical (unpaired) electrons. The first kappa shape index (κ1) is 22.6. The molecule has 3 aromatic heterocycles. The number of rotatable bonds is 6. The summed E-state index contributed by atoms with van der Waals surface area (Å²) in [6.45, 7) is 8.91. The minimum Gasteiger partial charge on any atom is -0.383 e. The molecule has 0 bridgehead atoms. The quantitative estimate of drug-likeness (QED) is 0.475. The van der Waals surface area contributed by atoms with Gasteiger partial charge in [-0.25, -0.2) is 9.97 Å². The van der Waals surface area contributed by atoms with Crippen LogP contribution >= 0.6 is 0 Å². The van der Waals surface area contributed by atoms with Crippen molar-refractivity contribution in [2.75, 3.05) is 20.3 Å². The number of aryl methyl sites for hydroxylation is 1. The predicted molar refractivity (Wildman–Crippen MR) is 134 cm³/mol. The maximum Gasteiger partial charge on any atom is 0.254 e. The van der Waals surface area contributed by atoms with Gasteiger partial charge < -0.3 is 24.5 Å². The first-order valence-electron chi connectivity index (χ1n) is 11.9. The van der Waals surface area contributed by atoms with Crippen LogP contribution < -0.4 is 5.73 Å². The molecule has 1 amide bonds. The van der Waals surface area contributed by atoms with Gasteiger partial charge in [0.1, 0.15) is 5.65 Å². The maximum atomic E-state index is 13.3. The summed E-state index contributed by atoms with van der Waals surface area (Å²) in [7, 11) is 1.70. The number of methoxy groups -OCH3 is 1. The summed E-state index contributed by atoms with van der Waals surface area (Å²) < 4.78 is 9.74. The van der Waals surface area contributed by atoms with Gasteiger partial charge in [0.05, 0.1) is 23.3 Å². The van der Waals surface area contributed by atoms with Gasteiger partial charge in [0.15, 0.2) is 5.82 Å². The van der Waals surface area contributed by atoms with Crippen molar-refractivity contribution < 1.29 is 9.53 Å². The number of imidazole rings is 1. The van der Waals surface area contributed by atoms with E-state index in [9.17, 15) is 4.79 Å². The van der Waals surface area contributed by atoms with E-state index in [1.165, 1.54) is 0 Å². The highest BCUT2D eigenvalue weighted by atomic mass is 16.5. The number of likely N-dealkylation sites (tertiary alicyclic amines) is 1. The van der Waals surface area contributed by atoms with Gasteiger partial charge in [0.25, 0.3) is 5.91 Å². The zero-order valence-corrected chi connectivity index (χ0v) is 20.2. The molecule has 3 atom stereocenters. The van der Waals surface area contributed by atoms with Gasteiger partial charge in [-0.2, -0.15) is 0 Å². The first-order chi connectivity index (χ1) is 16.4. The third-order valence-corrected chi connectivity index (χ3v) is 7.17. The van der Waals surface area contributed by atoms with E-state index in [4.69, 9.17) is 15.5 Å². The topological polar surface area (TPSA) is 91.2 Å². The molecular weight excluding hydrogens is 428 g/mol. The van der Waals surface area contributed by atoms with Crippen molar-refractivity contribution in [1.29, 1.82) is 0 Å². The Balaban J connectivity index is 1.61. The van der Waals surface area contributed by atoms with Crippen LogP contribution in [-0.4, -0.2) is 62.3 Å². The Morgan fingerprint density at radius 1 is 1.21 bits per heavy atom. The Hall–Kier alpha value is -3.23. The number of aromatic nitrogens is 4. The molecular formula is C26H32N6O2. The van der Waals surface area contributed by atoms with Gasteiger partial charge in [-0.3, -0.25) is 4.79 Å². The number of hydrogen-bond acceptors (Lipinski definition) is 5. The molecule has 2 unspecified atom stereocenters. The Bertz CT molecular complexity index is 1360. The fourth-order valence-electron chi connectivity index (χ4n) is 5.17. The Kier molecular flexibility index (Phi) is 5.87. The number of ether oxygens (including phenoxy) is 1. The van der Waals surface area contributed by atoms with Crippen LogP contribution in [0.3, 0.4) is 0 Å². The van der Waals surface area contributed by atoms with Crippen molar-refractivity contribution in [1.82, 2.24) is 24.0 Å². The molecule has 34 heavy (non-hydrogen) atoms. The van der Waals surface area contributed by atoms with Crippen molar-refractivity contribution in [2.45, 2.75) is 45.9 Å². The molecule has 1 saturated heterocycles. The minimum atomic E-state index is -0.00268. The normalized spacial score (nSPS) is 20.6. The number of carbonyl (C=O) groups excluding carboxylic acids is 1. The third kappa shape index (κ3) is 3.58. The largest absolute Gasteiger partial charge is 0.383 e. The van der Waals surface area contributed by atoms with Crippen LogP contribution in [0.5, 0.6) is 0 Å². The molecule has 0 saturated carbocycles. The van der Waals surface area contributed by atoms with Gasteiger partial charge in [0, 0.05) is 56.0 Å². The van der Waals surface area contributed by atoms with Crippen LogP contribution in [-0.2, 0) is 17.8 Å². The van der Waals surface area contributed by atoms with E-state index in [2.05, 4.69) is 40.1 Å². The fourth-order valence-corrected chi connectivity index (χ4v) is 5.17. The van der Waals surface area contributed by atoms with E-state index in [0.29, 0.717) is 25.3 Å². The number of pyridine rings is 1. The molecule has 1 fully saturated rings. The Morgan fingerprint density at radius 3 is 2.74 bits per heavy atom. The van der Waals surface area contributed by atoms with Gasteiger partial charge in [-0.05, 0) is 56.2 Å². The highest BCUT2D eigenvalue weighted by molar-refractivity contribution is 5.98. The third-order valence-electron chi connectivity index (χ3n) is 7.17. The second-order valence-electron chi connectivity index (χ2n) is 9.23. The number of nitrogens with zero attached hydrogens (tertiary/aromatic N) is 5. The summed E-state index contributed by atoms with van der Waals surface area (Å²) >= 11 is 0. The van der Waals surface area contributed by atoms with E-state index >= 15 is 0 Å². The molecule has 1 aliphatic rings. The van der Waals surface area contributed by atoms with E-state index in [0.717, 1.165) is 40.1 Å². The second-order valence-corrected chi connectivity index (χ2v) is 9.23. The summed E-state index contributed by atoms with van der Waals surface area (Å²) in [6, 6.07) is 12.0. The first-order valence-corrected chi connectivity index (χ1v) is 11.9. The van der Waals surface area contributed by atoms with Crippen LogP contribution in [0.2, 0.25) is 0 Å². The van der Waals surface area contributed by atoms with Gasteiger partial charge >= 0.3 is 0 Å². The number of amides is 1. The highest BCUT2D eigenvalue weighted by Gasteiger charge is 2.37. The lowest BCUT2D eigenvalue weighted by molar-refractivity contribution is 0.0740. The van der Waals surface area contributed by atoms with E-state index in [1.54, 1.807) is 7.11 Å². The standard InChI is InChI=1S/C26H32N6O2/c1-5-30-22(14-18-7-6-10-28-24(18)30)25-29-20-13-19(8-9-21(20)31(25)11-12-34-4)26(33)32-15-16(2)23(27)17(32)3/h6-10,13-14,16-17,23H,5,11-12,15,27H2,1-4H3/t16?,17?,23-/m1/s1. The second kappa shape index (κ2) is 8.85. The molecule has 8 nitrogen and oxygen atoms in total. The van der Waals surface area contributed by atoms with Crippen LogP contribution in [0.15, 0.2) is 42.6 Å².